The van der Waals surface area contributed by atoms with Gasteiger partial charge in [-0.05, 0) is 49.1 Å². The molecule has 1 heterocycles. The van der Waals surface area contributed by atoms with Crippen molar-refractivity contribution < 1.29 is 14.3 Å². The van der Waals surface area contributed by atoms with E-state index in [-0.39, 0.29) is 17.8 Å². The molecule has 1 aromatic carbocycles. The lowest BCUT2D eigenvalue weighted by Gasteiger charge is -2.35. The number of Topliss-reactive ketones (excluding diaryl/α,β-unsaturated/α-hetero) is 1. The third-order valence-electron chi connectivity index (χ3n) is 5.09. The lowest BCUT2D eigenvalue weighted by atomic mass is 9.70. The number of para-hydroxylation sites is 1. The van der Waals surface area contributed by atoms with Crippen molar-refractivity contribution >= 4 is 22.7 Å². The lowest BCUT2D eigenvalue weighted by Crippen LogP contribution is -2.29. The zero-order valence-electron chi connectivity index (χ0n) is 15.4. The van der Waals surface area contributed by atoms with Crippen molar-refractivity contribution in [2.75, 3.05) is 6.61 Å². The maximum absolute atomic E-state index is 12.8. The van der Waals surface area contributed by atoms with Crippen molar-refractivity contribution in [2.45, 2.75) is 47.0 Å². The zero-order valence-corrected chi connectivity index (χ0v) is 15.4. The lowest BCUT2D eigenvalue weighted by molar-refractivity contribution is -0.120. The van der Waals surface area contributed by atoms with Gasteiger partial charge in [-0.2, -0.15) is 0 Å². The van der Waals surface area contributed by atoms with Crippen LogP contribution in [0.3, 0.4) is 0 Å². The Balaban J connectivity index is 2.12. The standard InChI is InChI=1S/C21H25NO3/c1-13(23)12-25-20(24)19-15-7-5-6-8-17(15)22-18-10-9-14(11-16(18)19)21(2,3)4/h5-8,14H,9-12H2,1-4H3/t14-/m0/s1. The molecular weight excluding hydrogens is 314 g/mol. The molecule has 2 aromatic rings. The van der Waals surface area contributed by atoms with E-state index in [9.17, 15) is 9.59 Å². The van der Waals surface area contributed by atoms with Gasteiger partial charge in [-0.15, -0.1) is 0 Å². The van der Waals surface area contributed by atoms with Gasteiger partial charge >= 0.3 is 5.97 Å². The number of benzene rings is 1. The Morgan fingerprint density at radius 1 is 1.24 bits per heavy atom. The van der Waals surface area contributed by atoms with Gasteiger partial charge in [-0.3, -0.25) is 9.78 Å². The van der Waals surface area contributed by atoms with E-state index in [1.165, 1.54) is 6.92 Å². The highest BCUT2D eigenvalue weighted by Gasteiger charge is 2.33. The molecule has 0 radical (unpaired) electrons. The Morgan fingerprint density at radius 2 is 1.96 bits per heavy atom. The van der Waals surface area contributed by atoms with Crippen molar-refractivity contribution in [3.8, 4) is 0 Å². The second-order valence-electron chi connectivity index (χ2n) is 8.01. The van der Waals surface area contributed by atoms with Crippen LogP contribution in [-0.4, -0.2) is 23.3 Å². The van der Waals surface area contributed by atoms with E-state index in [1.54, 1.807) is 0 Å². The number of aryl methyl sites for hydroxylation is 1. The van der Waals surface area contributed by atoms with Gasteiger partial charge in [0.15, 0.2) is 5.78 Å². The van der Waals surface area contributed by atoms with E-state index < -0.39 is 5.97 Å². The summed E-state index contributed by atoms with van der Waals surface area (Å²) in [5.74, 6) is -0.0879. The van der Waals surface area contributed by atoms with Crippen molar-refractivity contribution in [1.82, 2.24) is 4.98 Å². The monoisotopic (exact) mass is 339 g/mol. The third kappa shape index (κ3) is 3.58. The van der Waals surface area contributed by atoms with Crippen LogP contribution in [-0.2, 0) is 22.4 Å². The first kappa shape index (κ1) is 17.6. The van der Waals surface area contributed by atoms with Crippen LogP contribution in [0.5, 0.6) is 0 Å². The van der Waals surface area contributed by atoms with Gasteiger partial charge in [0.25, 0.3) is 0 Å². The molecule has 25 heavy (non-hydrogen) atoms. The molecule has 0 saturated carbocycles. The fourth-order valence-corrected chi connectivity index (χ4v) is 3.60. The molecule has 0 unspecified atom stereocenters. The molecule has 1 aliphatic rings. The number of nitrogens with zero attached hydrogens (tertiary/aromatic N) is 1. The van der Waals surface area contributed by atoms with Crippen LogP contribution >= 0.6 is 0 Å². The Kier molecular flexibility index (Phi) is 4.63. The Hall–Kier alpha value is -2.23. The van der Waals surface area contributed by atoms with Gasteiger partial charge in [-0.1, -0.05) is 39.0 Å². The number of carbonyl (C=O) groups excluding carboxylic acids is 2. The predicted molar refractivity (Wildman–Crippen MR) is 97.7 cm³/mol. The molecule has 1 atom stereocenters. The van der Waals surface area contributed by atoms with Crippen LogP contribution in [0.2, 0.25) is 0 Å². The molecular formula is C21H25NO3. The Morgan fingerprint density at radius 3 is 2.64 bits per heavy atom. The molecule has 1 aromatic heterocycles. The quantitative estimate of drug-likeness (QED) is 0.789. The summed E-state index contributed by atoms with van der Waals surface area (Å²) in [7, 11) is 0. The van der Waals surface area contributed by atoms with Crippen LogP contribution in [0.4, 0.5) is 0 Å². The average molecular weight is 339 g/mol. The summed E-state index contributed by atoms with van der Waals surface area (Å²) in [6.45, 7) is 7.95. The maximum atomic E-state index is 12.8. The molecule has 0 bridgehead atoms. The highest BCUT2D eigenvalue weighted by Crippen LogP contribution is 2.39. The topological polar surface area (TPSA) is 56.3 Å². The van der Waals surface area contributed by atoms with Gasteiger partial charge in [0.1, 0.15) is 6.61 Å². The summed E-state index contributed by atoms with van der Waals surface area (Å²) in [6, 6.07) is 7.66. The largest absolute Gasteiger partial charge is 0.454 e. The van der Waals surface area contributed by atoms with Gasteiger partial charge in [0, 0.05) is 11.1 Å². The number of ether oxygens (including phenoxy) is 1. The summed E-state index contributed by atoms with van der Waals surface area (Å²) in [5, 5.41) is 0.810. The minimum absolute atomic E-state index is 0.159. The van der Waals surface area contributed by atoms with Crippen molar-refractivity contribution in [3.63, 3.8) is 0 Å². The van der Waals surface area contributed by atoms with Crippen LogP contribution in [0, 0.1) is 11.3 Å². The molecule has 4 nitrogen and oxygen atoms in total. The van der Waals surface area contributed by atoms with Crippen molar-refractivity contribution in [3.05, 3.63) is 41.1 Å². The smallest absolute Gasteiger partial charge is 0.339 e. The molecule has 4 heteroatoms. The van der Waals surface area contributed by atoms with E-state index in [1.807, 2.05) is 24.3 Å². The average Bonchev–Trinajstić information content (AvgIpc) is 2.56. The maximum Gasteiger partial charge on any atom is 0.339 e. The Bertz CT molecular complexity index is 833. The summed E-state index contributed by atoms with van der Waals surface area (Å²) in [5.41, 5.74) is 3.57. The third-order valence-corrected chi connectivity index (χ3v) is 5.09. The van der Waals surface area contributed by atoms with E-state index in [0.29, 0.717) is 11.5 Å². The SMILES string of the molecule is CC(=O)COC(=O)c1c2c(nc3ccccc13)CC[C@H](C(C)(C)C)C2. The van der Waals surface area contributed by atoms with E-state index in [2.05, 4.69) is 20.8 Å². The zero-order chi connectivity index (χ0) is 18.2. The minimum Gasteiger partial charge on any atom is -0.454 e. The van der Waals surface area contributed by atoms with Gasteiger partial charge < -0.3 is 4.74 Å². The van der Waals surface area contributed by atoms with Gasteiger partial charge in [0.2, 0.25) is 0 Å². The molecule has 1 aliphatic carbocycles. The molecule has 0 fully saturated rings. The molecule has 0 spiro atoms. The summed E-state index contributed by atoms with van der Waals surface area (Å²) < 4.78 is 5.27. The second-order valence-corrected chi connectivity index (χ2v) is 8.01. The number of rotatable bonds is 3. The van der Waals surface area contributed by atoms with Gasteiger partial charge in [0.05, 0.1) is 11.1 Å². The van der Waals surface area contributed by atoms with Gasteiger partial charge in [-0.25, -0.2) is 4.79 Å². The number of hydrogen-bond donors (Lipinski definition) is 0. The number of aromatic nitrogens is 1. The van der Waals surface area contributed by atoms with Crippen LogP contribution in [0.15, 0.2) is 24.3 Å². The van der Waals surface area contributed by atoms with E-state index in [4.69, 9.17) is 9.72 Å². The van der Waals surface area contributed by atoms with Crippen LogP contribution < -0.4 is 0 Å². The first-order valence-corrected chi connectivity index (χ1v) is 8.84. The van der Waals surface area contributed by atoms with Crippen LogP contribution in [0.25, 0.3) is 10.9 Å². The number of carbonyl (C=O) groups is 2. The van der Waals surface area contributed by atoms with E-state index >= 15 is 0 Å². The Labute approximate surface area is 148 Å². The second kappa shape index (κ2) is 6.58. The predicted octanol–water partition coefficient (Wildman–Crippen LogP) is 4.13. The number of hydrogen-bond acceptors (Lipinski definition) is 4. The number of esters is 1. The summed E-state index contributed by atoms with van der Waals surface area (Å²) in [4.78, 5) is 28.8. The van der Waals surface area contributed by atoms with Crippen LogP contribution in [0.1, 0.15) is 55.7 Å². The van der Waals surface area contributed by atoms with E-state index in [0.717, 1.165) is 41.4 Å². The minimum atomic E-state index is -0.417. The molecule has 0 saturated heterocycles. The number of fused-ring (bicyclic) bond motifs is 2. The fourth-order valence-electron chi connectivity index (χ4n) is 3.60. The molecule has 0 N–H and O–H groups in total. The molecule has 132 valence electrons. The number of pyridine rings is 1. The van der Waals surface area contributed by atoms with Crippen molar-refractivity contribution in [2.24, 2.45) is 11.3 Å². The fraction of sp³-hybridized carbons (Fsp3) is 0.476. The number of ketones is 1. The summed E-state index contributed by atoms with van der Waals surface area (Å²) in [6.07, 6.45) is 2.76. The molecule has 0 amide bonds. The van der Waals surface area contributed by atoms with Crippen molar-refractivity contribution in [1.29, 1.82) is 0 Å². The first-order valence-electron chi connectivity index (χ1n) is 8.84. The molecule has 0 aliphatic heterocycles. The summed E-state index contributed by atoms with van der Waals surface area (Å²) >= 11 is 0. The highest BCUT2D eigenvalue weighted by molar-refractivity contribution is 6.05. The molecule has 3 rings (SSSR count). The highest BCUT2D eigenvalue weighted by atomic mass is 16.5. The first-order chi connectivity index (χ1) is 11.8. The normalized spacial score (nSPS) is 17.2.